The molecule has 1 aliphatic rings. The summed E-state index contributed by atoms with van der Waals surface area (Å²) in [6.45, 7) is 1.56. The zero-order valence-corrected chi connectivity index (χ0v) is 14.7. The van der Waals surface area contributed by atoms with Crippen LogP contribution in [0.4, 0.5) is 0 Å². The van der Waals surface area contributed by atoms with Gasteiger partial charge in [-0.3, -0.25) is 20.4 Å². The molecule has 138 valence electrons. The van der Waals surface area contributed by atoms with Gasteiger partial charge < -0.3 is 9.15 Å². The maximum Gasteiger partial charge on any atom is 0.336 e. The first kappa shape index (κ1) is 18.0. The molecule has 1 fully saturated rings. The van der Waals surface area contributed by atoms with Gasteiger partial charge in [0, 0.05) is 23.4 Å². The second-order valence-corrected chi connectivity index (χ2v) is 6.57. The van der Waals surface area contributed by atoms with E-state index in [9.17, 15) is 14.4 Å². The lowest BCUT2D eigenvalue weighted by Crippen LogP contribution is -2.46. The Morgan fingerprint density at radius 2 is 1.92 bits per heavy atom. The van der Waals surface area contributed by atoms with E-state index in [2.05, 4.69) is 10.9 Å². The van der Waals surface area contributed by atoms with Crippen molar-refractivity contribution in [3.63, 3.8) is 0 Å². The molecule has 1 heterocycles. The summed E-state index contributed by atoms with van der Waals surface area (Å²) in [4.78, 5) is 35.3. The highest BCUT2D eigenvalue weighted by Gasteiger charge is 2.21. The van der Waals surface area contributed by atoms with Crippen molar-refractivity contribution in [1.29, 1.82) is 0 Å². The zero-order chi connectivity index (χ0) is 18.5. The summed E-state index contributed by atoms with van der Waals surface area (Å²) in [5, 5.41) is 0.807. The van der Waals surface area contributed by atoms with Crippen LogP contribution in [0.25, 0.3) is 11.0 Å². The molecule has 2 N–H and O–H groups in total. The molecule has 1 saturated carbocycles. The van der Waals surface area contributed by atoms with Crippen LogP contribution in [0, 0.1) is 12.8 Å². The molecule has 0 atom stereocenters. The summed E-state index contributed by atoms with van der Waals surface area (Å²) >= 11 is 0. The highest BCUT2D eigenvalue weighted by Crippen LogP contribution is 2.23. The lowest BCUT2D eigenvalue weighted by atomic mass is 9.89. The second-order valence-electron chi connectivity index (χ2n) is 6.57. The molecule has 1 aromatic carbocycles. The van der Waals surface area contributed by atoms with Gasteiger partial charge in [0.15, 0.2) is 6.61 Å². The van der Waals surface area contributed by atoms with Crippen LogP contribution in [0.15, 0.2) is 33.5 Å². The van der Waals surface area contributed by atoms with E-state index in [1.165, 1.54) is 6.07 Å². The van der Waals surface area contributed by atoms with Crippen LogP contribution >= 0.6 is 0 Å². The van der Waals surface area contributed by atoms with Crippen molar-refractivity contribution in [2.45, 2.75) is 39.0 Å². The van der Waals surface area contributed by atoms with Gasteiger partial charge in [0.2, 0.25) is 5.91 Å². The third-order valence-electron chi connectivity index (χ3n) is 4.59. The predicted molar refractivity (Wildman–Crippen MR) is 95.6 cm³/mol. The summed E-state index contributed by atoms with van der Waals surface area (Å²) in [5.74, 6) is -0.238. The number of amides is 2. The third kappa shape index (κ3) is 4.41. The molecular weight excluding hydrogens is 336 g/mol. The number of nitrogens with one attached hydrogen (secondary N) is 2. The third-order valence-corrected chi connectivity index (χ3v) is 4.59. The summed E-state index contributed by atoms with van der Waals surface area (Å²) in [7, 11) is 0. The summed E-state index contributed by atoms with van der Waals surface area (Å²) < 4.78 is 10.6. The van der Waals surface area contributed by atoms with Gasteiger partial charge >= 0.3 is 5.63 Å². The van der Waals surface area contributed by atoms with E-state index in [0.29, 0.717) is 11.3 Å². The first-order valence-corrected chi connectivity index (χ1v) is 8.79. The van der Waals surface area contributed by atoms with Gasteiger partial charge in [-0.25, -0.2) is 4.79 Å². The molecule has 7 nitrogen and oxygen atoms in total. The standard InChI is InChI=1S/C19H22N2O5/c1-12-9-18(23)26-16-10-14(7-8-15(12)16)25-11-17(22)20-21-19(24)13-5-3-2-4-6-13/h7-10,13H,2-6,11H2,1H3,(H,20,22)(H,21,24). The summed E-state index contributed by atoms with van der Waals surface area (Å²) in [5.41, 5.74) is 5.60. The minimum Gasteiger partial charge on any atom is -0.484 e. The average molecular weight is 358 g/mol. The molecule has 0 saturated heterocycles. The minimum absolute atomic E-state index is 0.0309. The van der Waals surface area contributed by atoms with Crippen molar-refractivity contribution in [2.75, 3.05) is 6.61 Å². The van der Waals surface area contributed by atoms with Crippen molar-refractivity contribution in [1.82, 2.24) is 10.9 Å². The molecule has 0 aliphatic heterocycles. The Bertz CT molecular complexity index is 868. The van der Waals surface area contributed by atoms with E-state index in [1.54, 1.807) is 18.2 Å². The predicted octanol–water partition coefficient (Wildman–Crippen LogP) is 2.21. The largest absolute Gasteiger partial charge is 0.484 e. The van der Waals surface area contributed by atoms with Gasteiger partial charge in [-0.1, -0.05) is 19.3 Å². The van der Waals surface area contributed by atoms with E-state index in [4.69, 9.17) is 9.15 Å². The minimum atomic E-state index is -0.458. The van der Waals surface area contributed by atoms with Gasteiger partial charge in [0.25, 0.3) is 5.91 Å². The number of ether oxygens (including phenoxy) is 1. The number of carbonyl (C=O) groups excluding carboxylic acids is 2. The molecule has 1 aliphatic carbocycles. The fourth-order valence-corrected chi connectivity index (χ4v) is 3.18. The van der Waals surface area contributed by atoms with Gasteiger partial charge in [0.05, 0.1) is 0 Å². The molecule has 2 aromatic rings. The fraction of sp³-hybridized carbons (Fsp3) is 0.421. The molecule has 7 heteroatoms. The van der Waals surface area contributed by atoms with Gasteiger partial charge in [-0.2, -0.15) is 0 Å². The number of hydrogen-bond acceptors (Lipinski definition) is 5. The average Bonchev–Trinajstić information content (AvgIpc) is 2.64. The number of hydrazine groups is 1. The van der Waals surface area contributed by atoms with Crippen LogP contribution in [0.2, 0.25) is 0 Å². The first-order valence-electron chi connectivity index (χ1n) is 8.79. The quantitative estimate of drug-likeness (QED) is 0.645. The number of rotatable bonds is 4. The van der Waals surface area contributed by atoms with Crippen LogP contribution in [0.5, 0.6) is 5.75 Å². The van der Waals surface area contributed by atoms with Crippen LogP contribution in [-0.4, -0.2) is 18.4 Å². The lowest BCUT2D eigenvalue weighted by molar-refractivity contribution is -0.132. The van der Waals surface area contributed by atoms with Crippen LogP contribution < -0.4 is 21.2 Å². The van der Waals surface area contributed by atoms with E-state index in [1.807, 2.05) is 6.92 Å². The number of carbonyl (C=O) groups is 2. The van der Waals surface area contributed by atoms with Crippen molar-refractivity contribution in [2.24, 2.45) is 5.92 Å². The molecule has 0 bridgehead atoms. The van der Waals surface area contributed by atoms with Crippen LogP contribution in [-0.2, 0) is 9.59 Å². The highest BCUT2D eigenvalue weighted by molar-refractivity contribution is 5.84. The van der Waals surface area contributed by atoms with E-state index in [-0.39, 0.29) is 18.4 Å². The summed E-state index contributed by atoms with van der Waals surface area (Å²) in [6, 6.07) is 6.46. The van der Waals surface area contributed by atoms with E-state index >= 15 is 0 Å². The zero-order valence-electron chi connectivity index (χ0n) is 14.7. The molecule has 26 heavy (non-hydrogen) atoms. The Morgan fingerprint density at radius 3 is 2.69 bits per heavy atom. The van der Waals surface area contributed by atoms with E-state index in [0.717, 1.165) is 43.1 Å². The molecule has 1 aromatic heterocycles. The van der Waals surface area contributed by atoms with Crippen molar-refractivity contribution >= 4 is 22.8 Å². The molecule has 3 rings (SSSR count). The van der Waals surface area contributed by atoms with E-state index < -0.39 is 11.5 Å². The molecule has 0 unspecified atom stereocenters. The normalized spacial score (nSPS) is 14.8. The van der Waals surface area contributed by atoms with Gasteiger partial charge in [-0.05, 0) is 37.5 Å². The Kier molecular flexibility index (Phi) is 5.55. The van der Waals surface area contributed by atoms with Gasteiger partial charge in [-0.15, -0.1) is 0 Å². The maximum atomic E-state index is 12.0. The Labute approximate surface area is 150 Å². The molecule has 0 radical (unpaired) electrons. The number of aryl methyl sites for hydroxylation is 1. The molecule has 2 amide bonds. The smallest absolute Gasteiger partial charge is 0.336 e. The van der Waals surface area contributed by atoms with Crippen LogP contribution in [0.3, 0.4) is 0 Å². The number of hydrogen-bond donors (Lipinski definition) is 2. The highest BCUT2D eigenvalue weighted by atomic mass is 16.5. The van der Waals surface area contributed by atoms with Crippen molar-refractivity contribution < 1.29 is 18.7 Å². The Hall–Kier alpha value is -2.83. The molecular formula is C19H22N2O5. The Morgan fingerprint density at radius 1 is 1.15 bits per heavy atom. The SMILES string of the molecule is Cc1cc(=O)oc2cc(OCC(=O)NNC(=O)C3CCCCC3)ccc12. The van der Waals surface area contributed by atoms with Crippen molar-refractivity contribution in [3.05, 3.63) is 40.2 Å². The number of benzene rings is 1. The second kappa shape index (κ2) is 8.03. The number of fused-ring (bicyclic) bond motifs is 1. The lowest BCUT2D eigenvalue weighted by Gasteiger charge is -2.20. The topological polar surface area (TPSA) is 97.6 Å². The molecule has 0 spiro atoms. The Balaban J connectivity index is 1.52. The first-order chi connectivity index (χ1) is 12.5. The van der Waals surface area contributed by atoms with Crippen LogP contribution in [0.1, 0.15) is 37.7 Å². The van der Waals surface area contributed by atoms with Crippen molar-refractivity contribution in [3.8, 4) is 5.75 Å². The fourth-order valence-electron chi connectivity index (χ4n) is 3.18. The monoisotopic (exact) mass is 358 g/mol. The summed E-state index contributed by atoms with van der Waals surface area (Å²) in [6.07, 6.45) is 4.98. The maximum absolute atomic E-state index is 12.0. The van der Waals surface area contributed by atoms with Gasteiger partial charge in [0.1, 0.15) is 11.3 Å².